The van der Waals surface area contributed by atoms with Gasteiger partial charge in [0.2, 0.25) is 5.91 Å². The Kier molecular flexibility index (Phi) is 8.60. The zero-order chi connectivity index (χ0) is 26.6. The molecule has 37 heavy (non-hydrogen) atoms. The second kappa shape index (κ2) is 11.7. The summed E-state index contributed by atoms with van der Waals surface area (Å²) in [6.45, 7) is 9.91. The summed E-state index contributed by atoms with van der Waals surface area (Å²) in [6, 6.07) is 15.9. The van der Waals surface area contributed by atoms with Crippen molar-refractivity contribution in [1.29, 1.82) is 0 Å². The highest BCUT2D eigenvalue weighted by Crippen LogP contribution is 2.36. The van der Waals surface area contributed by atoms with E-state index in [2.05, 4.69) is 36.0 Å². The molecule has 1 aliphatic rings. The van der Waals surface area contributed by atoms with E-state index >= 15 is 0 Å². The highest BCUT2D eigenvalue weighted by atomic mass is 35.5. The molecule has 0 bridgehead atoms. The monoisotopic (exact) mass is 522 g/mol. The lowest BCUT2D eigenvalue weighted by Crippen LogP contribution is -2.48. The van der Waals surface area contributed by atoms with Crippen LogP contribution in [0.3, 0.4) is 0 Å². The zero-order valence-electron chi connectivity index (χ0n) is 22.8. The molecular formula is C30H39ClN4O2. The highest BCUT2D eigenvalue weighted by Gasteiger charge is 2.39. The van der Waals surface area contributed by atoms with Gasteiger partial charge < -0.3 is 9.64 Å². The summed E-state index contributed by atoms with van der Waals surface area (Å²) >= 11 is 6.23. The number of piperidine rings is 1. The summed E-state index contributed by atoms with van der Waals surface area (Å²) in [7, 11) is 3.89. The van der Waals surface area contributed by atoms with Crippen LogP contribution in [0, 0.1) is 26.2 Å². The van der Waals surface area contributed by atoms with Crippen molar-refractivity contribution in [1.82, 2.24) is 19.6 Å². The van der Waals surface area contributed by atoms with E-state index in [1.807, 2.05) is 67.0 Å². The molecule has 0 saturated carbocycles. The first-order valence-electron chi connectivity index (χ1n) is 13.0. The molecular weight excluding hydrogens is 484 g/mol. The van der Waals surface area contributed by atoms with Gasteiger partial charge in [0.25, 0.3) is 0 Å². The molecule has 1 atom stereocenters. The van der Waals surface area contributed by atoms with Crippen LogP contribution in [0.2, 0.25) is 5.02 Å². The first-order valence-corrected chi connectivity index (χ1v) is 13.4. The van der Waals surface area contributed by atoms with E-state index in [-0.39, 0.29) is 11.3 Å². The van der Waals surface area contributed by atoms with E-state index in [0.29, 0.717) is 19.6 Å². The summed E-state index contributed by atoms with van der Waals surface area (Å²) in [5.74, 6) is 0.942. The number of aromatic nitrogens is 2. The Morgan fingerprint density at radius 1 is 1.16 bits per heavy atom. The van der Waals surface area contributed by atoms with Gasteiger partial charge >= 0.3 is 0 Å². The third-order valence-corrected chi connectivity index (χ3v) is 8.09. The Morgan fingerprint density at radius 2 is 1.92 bits per heavy atom. The van der Waals surface area contributed by atoms with Crippen LogP contribution >= 0.6 is 11.6 Å². The Hall–Kier alpha value is -2.83. The summed E-state index contributed by atoms with van der Waals surface area (Å²) in [5, 5.41) is 5.34. The van der Waals surface area contributed by atoms with Gasteiger partial charge in [-0.25, -0.2) is 0 Å². The van der Waals surface area contributed by atoms with Gasteiger partial charge in [-0.1, -0.05) is 41.9 Å². The summed E-state index contributed by atoms with van der Waals surface area (Å²) < 4.78 is 8.32. The summed E-state index contributed by atoms with van der Waals surface area (Å²) in [4.78, 5) is 17.8. The largest absolute Gasteiger partial charge is 0.493 e. The number of halogens is 1. The normalized spacial score (nSPS) is 18.1. The minimum Gasteiger partial charge on any atom is -0.493 e. The van der Waals surface area contributed by atoms with Crippen molar-refractivity contribution in [3.63, 3.8) is 0 Å². The van der Waals surface area contributed by atoms with E-state index in [1.165, 1.54) is 11.3 Å². The third kappa shape index (κ3) is 6.74. The lowest BCUT2D eigenvalue weighted by molar-refractivity contribution is -0.135. The number of likely N-dealkylation sites (tertiary alicyclic amines) is 1. The van der Waals surface area contributed by atoms with Gasteiger partial charge in [0.05, 0.1) is 12.3 Å². The Morgan fingerprint density at radius 3 is 2.59 bits per heavy atom. The molecule has 1 amide bonds. The molecule has 1 saturated heterocycles. The van der Waals surface area contributed by atoms with Crippen LogP contribution in [0.1, 0.15) is 47.3 Å². The molecule has 2 heterocycles. The van der Waals surface area contributed by atoms with Crippen molar-refractivity contribution in [3.8, 4) is 5.75 Å². The second-order valence-corrected chi connectivity index (χ2v) is 11.1. The maximum atomic E-state index is 13.5. The number of ether oxygens (including phenoxy) is 1. The van der Waals surface area contributed by atoms with E-state index in [0.717, 1.165) is 60.1 Å². The van der Waals surface area contributed by atoms with Crippen molar-refractivity contribution in [2.75, 3.05) is 26.7 Å². The number of benzene rings is 2. The highest BCUT2D eigenvalue weighted by molar-refractivity contribution is 6.31. The van der Waals surface area contributed by atoms with Gasteiger partial charge in [0, 0.05) is 61.8 Å². The predicted octanol–water partition coefficient (Wildman–Crippen LogP) is 5.71. The number of nitrogens with zero attached hydrogens (tertiary/aromatic N) is 4. The third-order valence-electron chi connectivity index (χ3n) is 7.67. The van der Waals surface area contributed by atoms with Crippen LogP contribution in [0.4, 0.5) is 0 Å². The fourth-order valence-electron chi connectivity index (χ4n) is 5.37. The van der Waals surface area contributed by atoms with Gasteiger partial charge in [-0.05, 0) is 69.5 Å². The number of amides is 1. The van der Waals surface area contributed by atoms with Crippen LogP contribution in [-0.2, 0) is 24.9 Å². The molecule has 0 aliphatic carbocycles. The first kappa shape index (κ1) is 27.2. The van der Waals surface area contributed by atoms with Gasteiger partial charge in [-0.15, -0.1) is 0 Å². The lowest BCUT2D eigenvalue weighted by atomic mass is 9.77. The quantitative estimate of drug-likeness (QED) is 0.361. The molecule has 198 valence electrons. The fourth-order valence-corrected chi connectivity index (χ4v) is 5.49. The van der Waals surface area contributed by atoms with E-state index in [4.69, 9.17) is 16.3 Å². The Balaban J connectivity index is 1.53. The zero-order valence-corrected chi connectivity index (χ0v) is 23.5. The average Bonchev–Trinajstić information content (AvgIpc) is 3.11. The average molecular weight is 523 g/mol. The number of rotatable bonds is 9. The van der Waals surface area contributed by atoms with Crippen molar-refractivity contribution in [2.45, 2.75) is 53.1 Å². The number of carbonyl (C=O) groups is 1. The number of hydrogen-bond donors (Lipinski definition) is 0. The molecule has 3 aromatic rings. The SMILES string of the molecule is Cc1cc(OCC2(CC(=O)N(C)Cc3ccccc3)CCCN(Cc3c(C)nn(C)c3C)C2)ccc1Cl. The predicted molar refractivity (Wildman–Crippen MR) is 149 cm³/mol. The smallest absolute Gasteiger partial charge is 0.223 e. The van der Waals surface area contributed by atoms with E-state index in [1.54, 1.807) is 0 Å². The van der Waals surface area contributed by atoms with Crippen molar-refractivity contribution in [2.24, 2.45) is 12.5 Å². The van der Waals surface area contributed by atoms with Gasteiger partial charge in [0.15, 0.2) is 0 Å². The molecule has 1 unspecified atom stereocenters. The van der Waals surface area contributed by atoms with Gasteiger partial charge in [-0.3, -0.25) is 14.4 Å². The molecule has 1 aliphatic heterocycles. The molecule has 0 spiro atoms. The van der Waals surface area contributed by atoms with Gasteiger partial charge in [-0.2, -0.15) is 5.10 Å². The van der Waals surface area contributed by atoms with Crippen molar-refractivity contribution < 1.29 is 9.53 Å². The molecule has 4 rings (SSSR count). The molecule has 1 aromatic heterocycles. The van der Waals surface area contributed by atoms with Crippen LogP contribution in [0.25, 0.3) is 0 Å². The lowest BCUT2D eigenvalue weighted by Gasteiger charge is -2.43. The molecule has 0 radical (unpaired) electrons. The number of carbonyl (C=O) groups excluding carboxylic acids is 1. The van der Waals surface area contributed by atoms with Crippen molar-refractivity contribution >= 4 is 17.5 Å². The minimum atomic E-state index is -0.280. The molecule has 6 nitrogen and oxygen atoms in total. The summed E-state index contributed by atoms with van der Waals surface area (Å²) in [5.41, 5.74) is 5.38. The number of hydrogen-bond acceptors (Lipinski definition) is 4. The van der Waals surface area contributed by atoms with Crippen LogP contribution in [0.5, 0.6) is 5.75 Å². The van der Waals surface area contributed by atoms with E-state index in [9.17, 15) is 4.79 Å². The maximum Gasteiger partial charge on any atom is 0.223 e. The van der Waals surface area contributed by atoms with Crippen LogP contribution < -0.4 is 4.74 Å². The standard InChI is InChI=1S/C30H39ClN4O2/c1-22-16-26(12-13-28(22)31)37-21-30(17-29(36)33(4)18-25-10-7-6-8-11-25)14-9-15-35(20-30)19-27-23(2)32-34(5)24(27)3/h6-8,10-13,16H,9,14-15,17-21H2,1-5H3. The Bertz CT molecular complexity index is 1230. The molecule has 0 N–H and O–H groups in total. The van der Waals surface area contributed by atoms with Crippen molar-refractivity contribution in [3.05, 3.63) is 81.6 Å². The minimum absolute atomic E-state index is 0.148. The molecule has 2 aromatic carbocycles. The topological polar surface area (TPSA) is 50.6 Å². The second-order valence-electron chi connectivity index (χ2n) is 10.7. The number of aryl methyl sites for hydroxylation is 3. The molecule has 7 heteroatoms. The fraction of sp³-hybridized carbons (Fsp3) is 0.467. The molecule has 1 fully saturated rings. The van der Waals surface area contributed by atoms with Crippen LogP contribution in [-0.4, -0.2) is 52.2 Å². The maximum absolute atomic E-state index is 13.5. The van der Waals surface area contributed by atoms with E-state index < -0.39 is 0 Å². The summed E-state index contributed by atoms with van der Waals surface area (Å²) in [6.07, 6.45) is 2.42. The van der Waals surface area contributed by atoms with Crippen LogP contribution in [0.15, 0.2) is 48.5 Å². The Labute approximate surface area is 226 Å². The van der Waals surface area contributed by atoms with Gasteiger partial charge in [0.1, 0.15) is 5.75 Å². The first-order chi connectivity index (χ1) is 17.7.